The van der Waals surface area contributed by atoms with Gasteiger partial charge in [0.1, 0.15) is 0 Å². The van der Waals surface area contributed by atoms with Gasteiger partial charge in [0.05, 0.1) is 10.6 Å². The molecule has 1 aliphatic carbocycles. The number of rotatable bonds is 2. The largest absolute Gasteiger partial charge is 0.324 e. The monoisotopic (exact) mass is 335 g/mol. The lowest BCUT2D eigenvalue weighted by atomic mass is 9.93. The van der Waals surface area contributed by atoms with Crippen LogP contribution in [0.2, 0.25) is 0 Å². The fraction of sp³-hybridized carbons (Fsp3) is 0.286. The number of fused-ring (bicyclic) bond motifs is 1. The molecule has 0 spiro atoms. The van der Waals surface area contributed by atoms with E-state index in [0.29, 0.717) is 4.47 Å². The molecule has 0 amide bonds. The van der Waals surface area contributed by atoms with E-state index in [2.05, 4.69) is 20.5 Å². The van der Waals surface area contributed by atoms with Crippen LogP contribution in [0.3, 0.4) is 0 Å². The number of non-ortho nitro benzene ring substituents is 1. The quantitative estimate of drug-likeness (QED) is 0.674. The van der Waals surface area contributed by atoms with Gasteiger partial charge in [-0.25, -0.2) is 0 Å². The van der Waals surface area contributed by atoms with E-state index in [0.717, 1.165) is 24.9 Å². The van der Waals surface area contributed by atoms with Crippen LogP contribution in [-0.2, 0) is 6.42 Å². The summed E-state index contributed by atoms with van der Waals surface area (Å²) in [5.74, 6) is 0. The van der Waals surface area contributed by atoms with Crippen molar-refractivity contribution in [2.75, 3.05) is 0 Å². The molecule has 0 saturated carbocycles. The van der Waals surface area contributed by atoms with E-state index in [1.807, 2.05) is 12.3 Å². The normalized spacial score (nSPS) is 17.8. The third-order valence-electron chi connectivity index (χ3n) is 3.76. The van der Waals surface area contributed by atoms with E-state index in [4.69, 9.17) is 5.73 Å². The summed E-state index contributed by atoms with van der Waals surface area (Å²) in [5, 5.41) is 10.8. The molecule has 1 aromatic heterocycles. The van der Waals surface area contributed by atoms with E-state index in [1.54, 1.807) is 6.07 Å². The van der Waals surface area contributed by atoms with E-state index >= 15 is 0 Å². The van der Waals surface area contributed by atoms with Gasteiger partial charge in [0.25, 0.3) is 5.69 Å². The second-order valence-corrected chi connectivity index (χ2v) is 5.83. The van der Waals surface area contributed by atoms with Gasteiger partial charge in [-0.1, -0.05) is 0 Å². The molecular formula is C14H14BrN3O2. The van der Waals surface area contributed by atoms with E-state index in [-0.39, 0.29) is 11.7 Å². The smallest absolute Gasteiger partial charge is 0.270 e. The number of nitrogens with zero attached hydrogens (tertiary/aromatic N) is 2. The number of nitro benzene ring substituents is 1. The third-order valence-corrected chi connectivity index (χ3v) is 4.39. The van der Waals surface area contributed by atoms with E-state index < -0.39 is 4.92 Å². The maximum Gasteiger partial charge on any atom is 0.270 e. The first-order valence-electron chi connectivity index (χ1n) is 6.48. The Labute approximate surface area is 124 Å². The number of hydrogen-bond acceptors (Lipinski definition) is 3. The topological polar surface area (TPSA) is 74.1 Å². The van der Waals surface area contributed by atoms with Crippen LogP contribution in [-0.4, -0.2) is 9.49 Å². The van der Waals surface area contributed by atoms with Crippen molar-refractivity contribution in [3.8, 4) is 5.69 Å². The molecular weight excluding hydrogens is 322 g/mol. The van der Waals surface area contributed by atoms with Gasteiger partial charge in [-0.05, 0) is 52.9 Å². The fourth-order valence-electron chi connectivity index (χ4n) is 2.76. The average molecular weight is 336 g/mol. The second kappa shape index (κ2) is 5.03. The Hall–Kier alpha value is -1.66. The van der Waals surface area contributed by atoms with Crippen molar-refractivity contribution in [1.82, 2.24) is 4.57 Å². The van der Waals surface area contributed by atoms with Crippen LogP contribution in [0.5, 0.6) is 0 Å². The van der Waals surface area contributed by atoms with Crippen LogP contribution in [0.15, 0.2) is 34.9 Å². The minimum absolute atomic E-state index is 0.0818. The molecule has 1 aliphatic rings. The van der Waals surface area contributed by atoms with Crippen molar-refractivity contribution < 1.29 is 4.92 Å². The van der Waals surface area contributed by atoms with Crippen LogP contribution < -0.4 is 5.73 Å². The van der Waals surface area contributed by atoms with Crippen LogP contribution in [0.4, 0.5) is 5.69 Å². The number of aromatic nitrogens is 1. The first-order valence-corrected chi connectivity index (χ1v) is 7.27. The number of halogens is 1. The molecule has 1 heterocycles. The van der Waals surface area contributed by atoms with Gasteiger partial charge < -0.3 is 10.3 Å². The molecule has 20 heavy (non-hydrogen) atoms. The van der Waals surface area contributed by atoms with Crippen molar-refractivity contribution >= 4 is 21.6 Å². The maximum atomic E-state index is 10.8. The van der Waals surface area contributed by atoms with Crippen molar-refractivity contribution in [3.63, 3.8) is 0 Å². The fourth-order valence-corrected chi connectivity index (χ4v) is 3.32. The summed E-state index contributed by atoms with van der Waals surface area (Å²) in [4.78, 5) is 10.4. The zero-order valence-electron chi connectivity index (χ0n) is 10.8. The molecule has 1 atom stereocenters. The molecule has 0 fully saturated rings. The Bertz CT molecular complexity index is 681. The predicted molar refractivity (Wildman–Crippen MR) is 80.0 cm³/mol. The first-order chi connectivity index (χ1) is 9.58. The summed E-state index contributed by atoms with van der Waals surface area (Å²) in [5.41, 5.74) is 9.50. The summed E-state index contributed by atoms with van der Waals surface area (Å²) in [6.45, 7) is 0. The van der Waals surface area contributed by atoms with Crippen LogP contribution >= 0.6 is 15.9 Å². The molecule has 0 radical (unpaired) electrons. The van der Waals surface area contributed by atoms with Crippen LogP contribution in [0, 0.1) is 10.1 Å². The lowest BCUT2D eigenvalue weighted by Gasteiger charge is -2.21. The van der Waals surface area contributed by atoms with Gasteiger partial charge in [0.15, 0.2) is 0 Å². The standard InChI is InChI=1S/C14H14BrN3O2/c15-11-8-9(18(19)20)4-5-14(11)17-7-6-10-12(16)2-1-3-13(10)17/h4-8,12H,1-3,16H2. The third kappa shape index (κ3) is 2.14. The van der Waals surface area contributed by atoms with Gasteiger partial charge in [-0.15, -0.1) is 0 Å². The highest BCUT2D eigenvalue weighted by Crippen LogP contribution is 2.33. The zero-order chi connectivity index (χ0) is 14.3. The summed E-state index contributed by atoms with van der Waals surface area (Å²) < 4.78 is 2.78. The summed E-state index contributed by atoms with van der Waals surface area (Å²) in [6.07, 6.45) is 5.06. The van der Waals surface area contributed by atoms with Gasteiger partial charge in [0, 0.05) is 34.5 Å². The van der Waals surface area contributed by atoms with Crippen molar-refractivity contribution in [2.45, 2.75) is 25.3 Å². The van der Waals surface area contributed by atoms with Crippen LogP contribution in [0.1, 0.15) is 30.1 Å². The van der Waals surface area contributed by atoms with Gasteiger partial charge in [-0.3, -0.25) is 10.1 Å². The van der Waals surface area contributed by atoms with E-state index in [1.165, 1.54) is 23.4 Å². The predicted octanol–water partition coefficient (Wildman–Crippen LogP) is 3.48. The number of hydrogen-bond donors (Lipinski definition) is 1. The van der Waals surface area contributed by atoms with Crippen molar-refractivity contribution in [2.24, 2.45) is 5.73 Å². The summed E-state index contributed by atoms with van der Waals surface area (Å²) >= 11 is 3.42. The Morgan fingerprint density at radius 3 is 2.90 bits per heavy atom. The van der Waals surface area contributed by atoms with Gasteiger partial charge >= 0.3 is 0 Å². The Balaban J connectivity index is 2.08. The lowest BCUT2D eigenvalue weighted by molar-refractivity contribution is -0.384. The second-order valence-electron chi connectivity index (χ2n) is 4.98. The average Bonchev–Trinajstić information content (AvgIpc) is 2.84. The molecule has 0 aliphatic heterocycles. The van der Waals surface area contributed by atoms with Crippen molar-refractivity contribution in [3.05, 3.63) is 56.3 Å². The van der Waals surface area contributed by atoms with E-state index in [9.17, 15) is 10.1 Å². The van der Waals surface area contributed by atoms with Crippen LogP contribution in [0.25, 0.3) is 5.69 Å². The number of nitro groups is 1. The Morgan fingerprint density at radius 1 is 1.40 bits per heavy atom. The number of nitrogens with two attached hydrogens (primary N) is 1. The molecule has 1 unspecified atom stereocenters. The number of benzene rings is 1. The molecule has 0 saturated heterocycles. The van der Waals surface area contributed by atoms with Gasteiger partial charge in [-0.2, -0.15) is 0 Å². The first kappa shape index (κ1) is 13.3. The molecule has 2 aromatic rings. The minimum atomic E-state index is -0.393. The SMILES string of the molecule is NC1CCCc2c1ccn2-c1ccc([N+](=O)[O-])cc1Br. The molecule has 6 heteroatoms. The maximum absolute atomic E-state index is 10.8. The molecule has 0 bridgehead atoms. The zero-order valence-corrected chi connectivity index (χ0v) is 12.3. The minimum Gasteiger partial charge on any atom is -0.324 e. The summed E-state index contributed by atoms with van der Waals surface area (Å²) in [6, 6.07) is 6.96. The highest BCUT2D eigenvalue weighted by molar-refractivity contribution is 9.10. The van der Waals surface area contributed by atoms with Gasteiger partial charge in [0.2, 0.25) is 0 Å². The summed E-state index contributed by atoms with van der Waals surface area (Å²) in [7, 11) is 0. The van der Waals surface area contributed by atoms with Crippen molar-refractivity contribution in [1.29, 1.82) is 0 Å². The Kier molecular flexibility index (Phi) is 3.35. The molecule has 1 aromatic carbocycles. The highest BCUT2D eigenvalue weighted by atomic mass is 79.9. The Morgan fingerprint density at radius 2 is 2.20 bits per heavy atom. The lowest BCUT2D eigenvalue weighted by Crippen LogP contribution is -2.17. The highest BCUT2D eigenvalue weighted by Gasteiger charge is 2.21. The molecule has 104 valence electrons. The molecule has 3 rings (SSSR count). The molecule has 2 N–H and O–H groups in total. The molecule has 5 nitrogen and oxygen atoms in total.